The Morgan fingerprint density at radius 2 is 2.11 bits per heavy atom. The minimum Gasteiger partial charge on any atom is -0.478 e. The molecule has 7 nitrogen and oxygen atoms in total. The predicted octanol–water partition coefficient (Wildman–Crippen LogP) is 2.09. The highest BCUT2D eigenvalue weighted by Gasteiger charge is 2.14. The van der Waals surface area contributed by atoms with Crippen LogP contribution in [-0.4, -0.2) is 26.4 Å². The summed E-state index contributed by atoms with van der Waals surface area (Å²) in [6.45, 7) is 0. The van der Waals surface area contributed by atoms with Gasteiger partial charge in [-0.2, -0.15) is 4.98 Å². The van der Waals surface area contributed by atoms with Gasteiger partial charge in [0.15, 0.2) is 0 Å². The molecule has 0 atom stereocenters. The summed E-state index contributed by atoms with van der Waals surface area (Å²) in [5, 5.41) is 16.2. The van der Waals surface area contributed by atoms with E-state index in [4.69, 9.17) is 14.2 Å². The second-order valence-electron chi connectivity index (χ2n) is 3.69. The zero-order valence-corrected chi connectivity index (χ0v) is 9.48. The fraction of sp³-hybridized carbons (Fsp3) is 0. The molecule has 0 bridgehead atoms. The number of rotatable bonds is 3. The highest BCUT2D eigenvalue weighted by Crippen LogP contribution is 2.22. The van der Waals surface area contributed by atoms with Crippen molar-refractivity contribution >= 4 is 5.97 Å². The van der Waals surface area contributed by atoms with Crippen LogP contribution in [0.4, 0.5) is 0 Å². The number of benzene rings is 1. The summed E-state index contributed by atoms with van der Waals surface area (Å²) in [6, 6.07) is 7.86. The Bertz CT molecular complexity index is 718. The molecule has 7 heteroatoms. The van der Waals surface area contributed by atoms with Crippen molar-refractivity contribution in [3.63, 3.8) is 0 Å². The summed E-state index contributed by atoms with van der Waals surface area (Å²) < 4.78 is 9.91. The lowest BCUT2D eigenvalue weighted by atomic mass is 10.1. The van der Waals surface area contributed by atoms with Crippen molar-refractivity contribution in [3.8, 4) is 23.0 Å². The molecular weight excluding hydrogens is 250 g/mol. The van der Waals surface area contributed by atoms with E-state index in [-0.39, 0.29) is 17.3 Å². The molecule has 0 aliphatic rings. The fourth-order valence-corrected chi connectivity index (χ4v) is 1.56. The van der Waals surface area contributed by atoms with Crippen molar-refractivity contribution in [1.29, 1.82) is 0 Å². The smallest absolute Gasteiger partial charge is 0.335 e. The molecule has 94 valence electrons. The van der Waals surface area contributed by atoms with Gasteiger partial charge in [0.1, 0.15) is 0 Å². The van der Waals surface area contributed by atoms with Crippen LogP contribution >= 0.6 is 0 Å². The first-order chi connectivity index (χ1) is 9.24. The van der Waals surface area contributed by atoms with Gasteiger partial charge in [-0.3, -0.25) is 0 Å². The molecule has 0 aliphatic carbocycles. The highest BCUT2D eigenvalue weighted by atomic mass is 16.5. The zero-order chi connectivity index (χ0) is 13.2. The van der Waals surface area contributed by atoms with Gasteiger partial charge in [-0.15, -0.1) is 0 Å². The number of carboxylic acids is 1. The third-order valence-electron chi connectivity index (χ3n) is 2.44. The number of carboxylic acid groups (broad SMARTS) is 1. The molecular formula is C12H7N3O4. The number of hydrogen-bond acceptors (Lipinski definition) is 6. The molecule has 1 N–H and O–H groups in total. The van der Waals surface area contributed by atoms with Crippen molar-refractivity contribution in [2.24, 2.45) is 0 Å². The molecule has 3 rings (SSSR count). The average molecular weight is 257 g/mol. The van der Waals surface area contributed by atoms with Crippen LogP contribution in [0.1, 0.15) is 10.4 Å². The molecule has 3 aromatic rings. The van der Waals surface area contributed by atoms with Crippen LogP contribution in [0.15, 0.2) is 45.6 Å². The van der Waals surface area contributed by atoms with E-state index in [1.165, 1.54) is 18.3 Å². The summed E-state index contributed by atoms with van der Waals surface area (Å²) in [5.41, 5.74) is 0.706. The van der Waals surface area contributed by atoms with E-state index < -0.39 is 5.97 Å². The Hall–Kier alpha value is -2.96. The molecule has 2 aromatic heterocycles. The van der Waals surface area contributed by atoms with Crippen molar-refractivity contribution in [3.05, 3.63) is 42.1 Å². The normalized spacial score (nSPS) is 10.5. The van der Waals surface area contributed by atoms with Gasteiger partial charge in [0.2, 0.25) is 11.6 Å². The number of nitrogens with zero attached hydrogens (tertiary/aromatic N) is 3. The van der Waals surface area contributed by atoms with Gasteiger partial charge in [0.05, 0.1) is 11.8 Å². The van der Waals surface area contributed by atoms with Crippen LogP contribution in [0.25, 0.3) is 23.0 Å². The van der Waals surface area contributed by atoms with Gasteiger partial charge in [-0.1, -0.05) is 22.4 Å². The molecule has 0 unspecified atom stereocenters. The Morgan fingerprint density at radius 1 is 1.21 bits per heavy atom. The molecule has 19 heavy (non-hydrogen) atoms. The van der Waals surface area contributed by atoms with E-state index in [1.54, 1.807) is 18.2 Å². The second-order valence-corrected chi connectivity index (χ2v) is 3.69. The fourth-order valence-electron chi connectivity index (χ4n) is 1.56. The van der Waals surface area contributed by atoms with Crippen LogP contribution in [0.3, 0.4) is 0 Å². The number of aromatic nitrogens is 3. The third-order valence-corrected chi connectivity index (χ3v) is 2.44. The third kappa shape index (κ3) is 2.08. The minimum absolute atomic E-state index is 0.156. The molecule has 0 amide bonds. The van der Waals surface area contributed by atoms with Crippen molar-refractivity contribution < 1.29 is 18.9 Å². The number of aromatic carboxylic acids is 1. The average Bonchev–Trinajstić information content (AvgIpc) is 3.09. The highest BCUT2D eigenvalue weighted by molar-refractivity contribution is 5.89. The summed E-state index contributed by atoms with van der Waals surface area (Å²) >= 11 is 0. The maximum atomic E-state index is 10.9. The zero-order valence-electron chi connectivity index (χ0n) is 9.48. The number of hydrogen-bond donors (Lipinski definition) is 1. The minimum atomic E-state index is -1.01. The van der Waals surface area contributed by atoms with Crippen LogP contribution < -0.4 is 0 Å². The lowest BCUT2D eigenvalue weighted by molar-refractivity contribution is 0.0697. The maximum Gasteiger partial charge on any atom is 0.335 e. The largest absolute Gasteiger partial charge is 0.478 e. The van der Waals surface area contributed by atoms with Gasteiger partial charge in [0, 0.05) is 11.6 Å². The predicted molar refractivity (Wildman–Crippen MR) is 62.2 cm³/mol. The van der Waals surface area contributed by atoms with Crippen LogP contribution in [0.5, 0.6) is 0 Å². The Balaban J connectivity index is 1.99. The van der Waals surface area contributed by atoms with E-state index >= 15 is 0 Å². The molecule has 1 aromatic carbocycles. The first-order valence-corrected chi connectivity index (χ1v) is 5.32. The standard InChI is InChI=1S/C12H7N3O4/c16-12(17)8-3-1-2-7(6-8)10-14-11(19-15-10)9-4-5-13-18-9/h1-6H,(H,16,17). The summed E-state index contributed by atoms with van der Waals surface area (Å²) in [6.07, 6.45) is 1.46. The first-order valence-electron chi connectivity index (χ1n) is 5.32. The van der Waals surface area contributed by atoms with Gasteiger partial charge in [-0.05, 0) is 12.1 Å². The topological polar surface area (TPSA) is 102 Å². The van der Waals surface area contributed by atoms with Gasteiger partial charge in [-0.25, -0.2) is 4.79 Å². The quantitative estimate of drug-likeness (QED) is 0.766. The lowest BCUT2D eigenvalue weighted by Gasteiger charge is -1.96. The summed E-state index contributed by atoms with van der Waals surface area (Å²) in [4.78, 5) is 15.0. The molecule has 0 radical (unpaired) electrons. The van der Waals surface area contributed by atoms with E-state index in [9.17, 15) is 4.79 Å². The van der Waals surface area contributed by atoms with E-state index in [0.717, 1.165) is 0 Å². The van der Waals surface area contributed by atoms with Crippen molar-refractivity contribution in [1.82, 2.24) is 15.3 Å². The Morgan fingerprint density at radius 3 is 2.84 bits per heavy atom. The SMILES string of the molecule is O=C(O)c1cccc(-c2noc(-c3ccno3)n2)c1. The first kappa shape index (κ1) is 11.1. The monoisotopic (exact) mass is 257 g/mol. The van der Waals surface area contributed by atoms with Crippen LogP contribution in [-0.2, 0) is 0 Å². The van der Waals surface area contributed by atoms with Gasteiger partial charge >= 0.3 is 5.97 Å². The molecule has 2 heterocycles. The second kappa shape index (κ2) is 4.37. The molecule has 0 spiro atoms. The summed E-state index contributed by atoms with van der Waals surface area (Å²) in [7, 11) is 0. The molecule has 0 fully saturated rings. The summed E-state index contributed by atoms with van der Waals surface area (Å²) in [5.74, 6) is -0.184. The lowest BCUT2D eigenvalue weighted by Crippen LogP contribution is -1.96. The molecule has 0 saturated carbocycles. The van der Waals surface area contributed by atoms with Crippen molar-refractivity contribution in [2.45, 2.75) is 0 Å². The van der Waals surface area contributed by atoms with Crippen LogP contribution in [0.2, 0.25) is 0 Å². The van der Waals surface area contributed by atoms with E-state index in [2.05, 4.69) is 15.3 Å². The van der Waals surface area contributed by atoms with E-state index in [0.29, 0.717) is 11.3 Å². The Kier molecular flexibility index (Phi) is 2.57. The van der Waals surface area contributed by atoms with E-state index in [1.807, 2.05) is 0 Å². The van der Waals surface area contributed by atoms with Gasteiger partial charge in [0.25, 0.3) is 5.89 Å². The van der Waals surface area contributed by atoms with Crippen LogP contribution in [0, 0.1) is 0 Å². The molecule has 0 saturated heterocycles. The van der Waals surface area contributed by atoms with Crippen molar-refractivity contribution in [2.75, 3.05) is 0 Å². The number of carbonyl (C=O) groups is 1. The van der Waals surface area contributed by atoms with Gasteiger partial charge < -0.3 is 14.2 Å². The molecule has 0 aliphatic heterocycles. The Labute approximate surface area is 106 Å². The maximum absolute atomic E-state index is 10.9.